The maximum Gasteiger partial charge on any atom is 0.269 e. The number of nitro groups is 1. The number of carbonyl (C=O) groups is 1. The lowest BCUT2D eigenvalue weighted by Crippen LogP contribution is -2.21. The van der Waals surface area contributed by atoms with Crippen LogP contribution >= 0.6 is 0 Å². The summed E-state index contributed by atoms with van der Waals surface area (Å²) in [5.74, 6) is -1.23. The van der Waals surface area contributed by atoms with E-state index in [9.17, 15) is 23.3 Å². The first-order valence-corrected chi connectivity index (χ1v) is 7.43. The van der Waals surface area contributed by atoms with Crippen LogP contribution in [-0.2, 0) is 14.6 Å². The summed E-state index contributed by atoms with van der Waals surface area (Å²) < 4.78 is 23.9. The van der Waals surface area contributed by atoms with Gasteiger partial charge in [0.15, 0.2) is 15.6 Å². The minimum atomic E-state index is -3.73. The van der Waals surface area contributed by atoms with Crippen molar-refractivity contribution in [2.45, 2.75) is 25.2 Å². The molecule has 0 aliphatic heterocycles. The number of hydrogen-bond acceptors (Lipinski definition) is 5. The first kappa shape index (κ1) is 15.3. The van der Waals surface area contributed by atoms with Gasteiger partial charge in [-0.05, 0) is 18.6 Å². The Kier molecular flexibility index (Phi) is 4.77. The highest BCUT2D eigenvalue weighted by molar-refractivity contribution is 7.92. The third-order valence-corrected chi connectivity index (χ3v) is 4.56. The highest BCUT2D eigenvalue weighted by atomic mass is 32.2. The fourth-order valence-electron chi connectivity index (χ4n) is 1.42. The molecule has 0 aliphatic carbocycles. The first-order valence-electron chi connectivity index (χ1n) is 5.78. The van der Waals surface area contributed by atoms with Crippen molar-refractivity contribution in [3.8, 4) is 0 Å². The zero-order chi connectivity index (χ0) is 14.6. The van der Waals surface area contributed by atoms with Crippen LogP contribution in [0.1, 0.15) is 20.3 Å². The quantitative estimate of drug-likeness (QED) is 0.588. The molecule has 0 spiro atoms. The number of nitrogens with zero attached hydrogens (tertiary/aromatic N) is 1. The first-order chi connectivity index (χ1) is 8.77. The number of Topliss-reactive ketones (excluding diaryl/α,β-unsaturated/α-hetero) is 1. The molecule has 0 saturated carbocycles. The molecule has 104 valence electrons. The second-order valence-corrected chi connectivity index (χ2v) is 6.28. The van der Waals surface area contributed by atoms with Crippen LogP contribution in [0.2, 0.25) is 0 Å². The Labute approximate surface area is 111 Å². The Morgan fingerprint density at radius 1 is 1.32 bits per heavy atom. The molecule has 1 atom stereocenters. The van der Waals surface area contributed by atoms with Gasteiger partial charge in [0, 0.05) is 18.1 Å². The van der Waals surface area contributed by atoms with E-state index in [4.69, 9.17) is 0 Å². The van der Waals surface area contributed by atoms with Gasteiger partial charge < -0.3 is 0 Å². The van der Waals surface area contributed by atoms with E-state index in [2.05, 4.69) is 0 Å². The number of hydrogen-bond donors (Lipinski definition) is 0. The van der Waals surface area contributed by atoms with Crippen molar-refractivity contribution in [1.82, 2.24) is 0 Å². The van der Waals surface area contributed by atoms with Crippen LogP contribution in [0.25, 0.3) is 0 Å². The average molecular weight is 285 g/mol. The molecule has 0 heterocycles. The van der Waals surface area contributed by atoms with E-state index in [0.717, 1.165) is 24.3 Å². The number of rotatable bonds is 6. The molecule has 6 nitrogen and oxygen atoms in total. The molecule has 0 fully saturated rings. The van der Waals surface area contributed by atoms with E-state index in [-0.39, 0.29) is 22.3 Å². The Hall–Kier alpha value is -1.76. The van der Waals surface area contributed by atoms with Crippen molar-refractivity contribution in [2.75, 3.05) is 5.75 Å². The highest BCUT2D eigenvalue weighted by Crippen LogP contribution is 2.18. The summed E-state index contributed by atoms with van der Waals surface area (Å²) >= 11 is 0. The smallest absolute Gasteiger partial charge is 0.269 e. The molecule has 0 amide bonds. The van der Waals surface area contributed by atoms with Crippen LogP contribution in [0.5, 0.6) is 0 Å². The van der Waals surface area contributed by atoms with E-state index in [1.807, 2.05) is 0 Å². The van der Waals surface area contributed by atoms with Crippen molar-refractivity contribution in [3.05, 3.63) is 34.4 Å². The van der Waals surface area contributed by atoms with Crippen LogP contribution in [-0.4, -0.2) is 24.9 Å². The number of carbonyl (C=O) groups excluding carboxylic acids is 1. The van der Waals surface area contributed by atoms with Gasteiger partial charge in [-0.15, -0.1) is 0 Å². The van der Waals surface area contributed by atoms with Crippen LogP contribution in [0.4, 0.5) is 5.69 Å². The molecule has 0 aromatic heterocycles. The van der Waals surface area contributed by atoms with E-state index in [1.54, 1.807) is 13.8 Å². The molecule has 0 bridgehead atoms. The second kappa shape index (κ2) is 5.92. The molecule has 1 aromatic rings. The molecule has 1 unspecified atom stereocenters. The van der Waals surface area contributed by atoms with Crippen molar-refractivity contribution in [2.24, 2.45) is 5.92 Å². The largest absolute Gasteiger partial charge is 0.298 e. The van der Waals surface area contributed by atoms with Gasteiger partial charge in [-0.25, -0.2) is 8.42 Å². The molecule has 0 saturated heterocycles. The standard InChI is InChI=1S/C12H15NO5S/c1-3-9(2)12(14)8-19(17,18)11-6-4-10(5-7-11)13(15)16/h4-7,9H,3,8H2,1-2H3. The molecule has 1 rings (SSSR count). The van der Waals surface area contributed by atoms with Crippen LogP contribution in [0, 0.1) is 16.0 Å². The van der Waals surface area contributed by atoms with E-state index in [1.165, 1.54) is 0 Å². The summed E-state index contributed by atoms with van der Waals surface area (Å²) in [5.41, 5.74) is -0.188. The lowest BCUT2D eigenvalue weighted by molar-refractivity contribution is -0.384. The Balaban J connectivity index is 2.95. The van der Waals surface area contributed by atoms with Gasteiger partial charge >= 0.3 is 0 Å². The molecule has 0 aliphatic rings. The lowest BCUT2D eigenvalue weighted by Gasteiger charge is -2.08. The molecule has 7 heteroatoms. The molecule has 1 aromatic carbocycles. The lowest BCUT2D eigenvalue weighted by atomic mass is 10.1. The summed E-state index contributed by atoms with van der Waals surface area (Å²) in [5, 5.41) is 10.5. The zero-order valence-electron chi connectivity index (χ0n) is 10.7. The maximum absolute atomic E-state index is 12.0. The number of non-ortho nitro benzene ring substituents is 1. The van der Waals surface area contributed by atoms with E-state index >= 15 is 0 Å². The number of ketones is 1. The minimum Gasteiger partial charge on any atom is -0.298 e. The van der Waals surface area contributed by atoms with Gasteiger partial charge in [0.2, 0.25) is 0 Å². The summed E-state index contributed by atoms with van der Waals surface area (Å²) in [7, 11) is -3.73. The van der Waals surface area contributed by atoms with Crippen molar-refractivity contribution in [1.29, 1.82) is 0 Å². The topological polar surface area (TPSA) is 94.3 Å². The summed E-state index contributed by atoms with van der Waals surface area (Å²) in [6.07, 6.45) is 0.578. The summed E-state index contributed by atoms with van der Waals surface area (Å²) in [6.45, 7) is 3.48. The van der Waals surface area contributed by atoms with Crippen molar-refractivity contribution < 1.29 is 18.1 Å². The van der Waals surface area contributed by atoms with Gasteiger partial charge in [-0.2, -0.15) is 0 Å². The monoisotopic (exact) mass is 285 g/mol. The van der Waals surface area contributed by atoms with Crippen molar-refractivity contribution >= 4 is 21.3 Å². The number of sulfone groups is 1. The van der Waals surface area contributed by atoms with Crippen LogP contribution in [0.3, 0.4) is 0 Å². The van der Waals surface area contributed by atoms with Crippen LogP contribution < -0.4 is 0 Å². The molecular formula is C12H15NO5S. The van der Waals surface area contributed by atoms with Gasteiger partial charge in [0.05, 0.1) is 9.82 Å². The average Bonchev–Trinajstić information content (AvgIpc) is 2.37. The summed E-state index contributed by atoms with van der Waals surface area (Å²) in [6, 6.07) is 4.52. The van der Waals surface area contributed by atoms with E-state index in [0.29, 0.717) is 6.42 Å². The van der Waals surface area contributed by atoms with Gasteiger partial charge in [0.25, 0.3) is 5.69 Å². The Morgan fingerprint density at radius 2 is 1.84 bits per heavy atom. The molecule has 0 radical (unpaired) electrons. The normalized spacial score (nSPS) is 12.9. The van der Waals surface area contributed by atoms with Crippen LogP contribution in [0.15, 0.2) is 29.2 Å². The minimum absolute atomic E-state index is 0.0743. The van der Waals surface area contributed by atoms with E-state index < -0.39 is 20.5 Å². The third kappa shape index (κ3) is 3.85. The van der Waals surface area contributed by atoms with Crippen molar-refractivity contribution in [3.63, 3.8) is 0 Å². The van der Waals surface area contributed by atoms with Gasteiger partial charge in [-0.3, -0.25) is 14.9 Å². The molecule has 0 N–H and O–H groups in total. The Morgan fingerprint density at radius 3 is 2.26 bits per heavy atom. The number of nitro benzene ring substituents is 1. The molecular weight excluding hydrogens is 270 g/mol. The SMILES string of the molecule is CCC(C)C(=O)CS(=O)(=O)c1ccc([N+](=O)[O-])cc1. The number of benzene rings is 1. The fourth-order valence-corrected chi connectivity index (χ4v) is 2.79. The second-order valence-electron chi connectivity index (χ2n) is 4.29. The molecule has 19 heavy (non-hydrogen) atoms. The maximum atomic E-state index is 12.0. The Bertz CT molecular complexity index is 577. The van der Waals surface area contributed by atoms with Gasteiger partial charge in [-0.1, -0.05) is 13.8 Å². The van der Waals surface area contributed by atoms with Gasteiger partial charge in [0.1, 0.15) is 5.75 Å². The zero-order valence-corrected chi connectivity index (χ0v) is 11.5. The fraction of sp³-hybridized carbons (Fsp3) is 0.417. The predicted octanol–water partition coefficient (Wildman–Crippen LogP) is 1.98. The summed E-state index contributed by atoms with van der Waals surface area (Å²) in [4.78, 5) is 21.4. The predicted molar refractivity (Wildman–Crippen MR) is 69.6 cm³/mol. The third-order valence-electron chi connectivity index (χ3n) is 2.90. The highest BCUT2D eigenvalue weighted by Gasteiger charge is 2.22.